The standard InChI is InChI=1S/C29H30N4O2/c1-21(2)28(35)32(18-23-10-6-4-7-11-23)20-27(34)31-29-30-26(24-12-8-5-9-13-24)19-33(29)25-16-14-22(3)15-17-25/h4-17,19,21H,18,20H2,1-3H3,(H,30,31,34). The highest BCUT2D eigenvalue weighted by Crippen LogP contribution is 2.24. The molecule has 0 aliphatic carbocycles. The van der Waals surface area contributed by atoms with Crippen molar-refractivity contribution in [1.29, 1.82) is 0 Å². The number of aromatic nitrogens is 2. The molecule has 178 valence electrons. The van der Waals surface area contributed by atoms with Gasteiger partial charge in [0, 0.05) is 29.9 Å². The molecule has 0 atom stereocenters. The van der Waals surface area contributed by atoms with E-state index in [1.807, 2.05) is 116 Å². The second-order valence-corrected chi connectivity index (χ2v) is 8.90. The lowest BCUT2D eigenvalue weighted by Crippen LogP contribution is -2.40. The van der Waals surface area contributed by atoms with E-state index in [2.05, 4.69) is 5.32 Å². The Labute approximate surface area is 206 Å². The molecule has 0 saturated heterocycles. The van der Waals surface area contributed by atoms with Gasteiger partial charge in [0.25, 0.3) is 0 Å². The van der Waals surface area contributed by atoms with E-state index in [9.17, 15) is 9.59 Å². The maximum atomic E-state index is 13.2. The number of anilines is 1. The number of hydrogen-bond acceptors (Lipinski definition) is 3. The summed E-state index contributed by atoms with van der Waals surface area (Å²) in [6, 6.07) is 27.5. The van der Waals surface area contributed by atoms with E-state index in [1.165, 1.54) is 0 Å². The normalized spacial score (nSPS) is 10.9. The molecule has 4 rings (SSSR count). The third-order valence-corrected chi connectivity index (χ3v) is 5.70. The van der Waals surface area contributed by atoms with E-state index in [-0.39, 0.29) is 24.3 Å². The third kappa shape index (κ3) is 6.03. The van der Waals surface area contributed by atoms with E-state index >= 15 is 0 Å². The van der Waals surface area contributed by atoms with Crippen LogP contribution in [-0.4, -0.2) is 32.8 Å². The molecular weight excluding hydrogens is 436 g/mol. The number of nitrogens with one attached hydrogen (secondary N) is 1. The molecule has 1 heterocycles. The Morgan fingerprint density at radius 3 is 2.17 bits per heavy atom. The Balaban J connectivity index is 1.60. The number of carbonyl (C=O) groups is 2. The average molecular weight is 467 g/mol. The number of imidazole rings is 1. The molecule has 0 unspecified atom stereocenters. The smallest absolute Gasteiger partial charge is 0.246 e. The van der Waals surface area contributed by atoms with Crippen LogP contribution in [0.2, 0.25) is 0 Å². The van der Waals surface area contributed by atoms with Gasteiger partial charge in [-0.2, -0.15) is 0 Å². The first kappa shape index (κ1) is 24.0. The van der Waals surface area contributed by atoms with Crippen LogP contribution in [0.3, 0.4) is 0 Å². The number of aryl methyl sites for hydroxylation is 1. The number of amides is 2. The predicted molar refractivity (Wildman–Crippen MR) is 139 cm³/mol. The molecule has 0 fully saturated rings. The summed E-state index contributed by atoms with van der Waals surface area (Å²) in [4.78, 5) is 32.3. The Morgan fingerprint density at radius 2 is 1.54 bits per heavy atom. The second-order valence-electron chi connectivity index (χ2n) is 8.90. The summed E-state index contributed by atoms with van der Waals surface area (Å²) < 4.78 is 1.87. The molecule has 2 amide bonds. The molecular formula is C29H30N4O2. The molecule has 6 heteroatoms. The van der Waals surface area contributed by atoms with Crippen LogP contribution < -0.4 is 5.32 Å². The topological polar surface area (TPSA) is 67.2 Å². The van der Waals surface area contributed by atoms with Crippen LogP contribution in [-0.2, 0) is 16.1 Å². The van der Waals surface area contributed by atoms with Crippen molar-refractivity contribution >= 4 is 17.8 Å². The van der Waals surface area contributed by atoms with Crippen molar-refractivity contribution in [3.05, 3.63) is 102 Å². The van der Waals surface area contributed by atoms with E-state index < -0.39 is 0 Å². The van der Waals surface area contributed by atoms with E-state index in [4.69, 9.17) is 4.98 Å². The lowest BCUT2D eigenvalue weighted by Gasteiger charge is -2.24. The number of hydrogen-bond donors (Lipinski definition) is 1. The van der Waals surface area contributed by atoms with Gasteiger partial charge < -0.3 is 4.90 Å². The Morgan fingerprint density at radius 1 is 0.914 bits per heavy atom. The fourth-order valence-electron chi connectivity index (χ4n) is 3.84. The van der Waals surface area contributed by atoms with Gasteiger partial charge in [-0.25, -0.2) is 4.98 Å². The number of rotatable bonds is 8. The van der Waals surface area contributed by atoms with Crippen molar-refractivity contribution in [2.45, 2.75) is 27.3 Å². The third-order valence-electron chi connectivity index (χ3n) is 5.70. The minimum Gasteiger partial charge on any atom is -0.329 e. The van der Waals surface area contributed by atoms with E-state index in [1.54, 1.807) is 4.90 Å². The van der Waals surface area contributed by atoms with Crippen LogP contribution in [0, 0.1) is 12.8 Å². The van der Waals surface area contributed by atoms with Crippen LogP contribution in [0.25, 0.3) is 16.9 Å². The van der Waals surface area contributed by atoms with Gasteiger partial charge in [0.1, 0.15) is 6.54 Å². The van der Waals surface area contributed by atoms with Crippen molar-refractivity contribution in [1.82, 2.24) is 14.5 Å². The van der Waals surface area contributed by atoms with Gasteiger partial charge in [-0.15, -0.1) is 0 Å². The molecule has 3 aromatic carbocycles. The van der Waals surface area contributed by atoms with Crippen LogP contribution in [0.1, 0.15) is 25.0 Å². The van der Waals surface area contributed by atoms with Gasteiger partial charge in [0.2, 0.25) is 17.8 Å². The Kier molecular flexibility index (Phi) is 7.41. The first-order valence-corrected chi connectivity index (χ1v) is 11.7. The van der Waals surface area contributed by atoms with Gasteiger partial charge in [0.05, 0.1) is 5.69 Å². The van der Waals surface area contributed by atoms with Crippen LogP contribution >= 0.6 is 0 Å². The molecule has 0 aliphatic heterocycles. The second kappa shape index (κ2) is 10.8. The molecule has 0 bridgehead atoms. The molecule has 6 nitrogen and oxygen atoms in total. The summed E-state index contributed by atoms with van der Waals surface area (Å²) >= 11 is 0. The van der Waals surface area contributed by atoms with E-state index in [0.717, 1.165) is 28.1 Å². The highest BCUT2D eigenvalue weighted by atomic mass is 16.2. The largest absolute Gasteiger partial charge is 0.329 e. The number of carbonyl (C=O) groups excluding carboxylic acids is 2. The van der Waals surface area contributed by atoms with Crippen molar-refractivity contribution < 1.29 is 9.59 Å². The molecule has 1 aromatic heterocycles. The maximum Gasteiger partial charge on any atom is 0.246 e. The fraction of sp³-hybridized carbons (Fsp3) is 0.207. The van der Waals surface area contributed by atoms with Crippen molar-refractivity contribution in [3.63, 3.8) is 0 Å². The Bertz CT molecular complexity index is 1280. The summed E-state index contributed by atoms with van der Waals surface area (Å²) in [7, 11) is 0. The zero-order valence-corrected chi connectivity index (χ0v) is 20.3. The van der Waals surface area contributed by atoms with Gasteiger partial charge in [0.15, 0.2) is 0 Å². The molecule has 0 aliphatic rings. The summed E-state index contributed by atoms with van der Waals surface area (Å²) in [6.45, 7) is 6.02. The average Bonchev–Trinajstić information content (AvgIpc) is 3.28. The fourth-order valence-corrected chi connectivity index (χ4v) is 3.84. The van der Waals surface area contributed by atoms with Crippen molar-refractivity contribution in [3.8, 4) is 16.9 Å². The minimum absolute atomic E-state index is 0.0622. The summed E-state index contributed by atoms with van der Waals surface area (Å²) in [5.74, 6) is -0.176. The molecule has 1 N–H and O–H groups in total. The van der Waals surface area contributed by atoms with Crippen LogP contribution in [0.4, 0.5) is 5.95 Å². The monoisotopic (exact) mass is 466 g/mol. The highest BCUT2D eigenvalue weighted by Gasteiger charge is 2.22. The number of benzene rings is 3. The summed E-state index contributed by atoms with van der Waals surface area (Å²) in [5, 5.41) is 2.94. The first-order valence-electron chi connectivity index (χ1n) is 11.7. The SMILES string of the molecule is Cc1ccc(-n2cc(-c3ccccc3)nc2NC(=O)CN(Cc2ccccc2)C(=O)C(C)C)cc1. The maximum absolute atomic E-state index is 13.2. The molecule has 0 radical (unpaired) electrons. The Hall–Kier alpha value is -4.19. The zero-order valence-electron chi connectivity index (χ0n) is 20.3. The quantitative estimate of drug-likeness (QED) is 0.374. The van der Waals surface area contributed by atoms with Gasteiger partial charge in [-0.05, 0) is 24.6 Å². The van der Waals surface area contributed by atoms with Gasteiger partial charge in [-0.3, -0.25) is 19.5 Å². The van der Waals surface area contributed by atoms with Gasteiger partial charge in [-0.1, -0.05) is 92.2 Å². The van der Waals surface area contributed by atoms with Crippen LogP contribution in [0.5, 0.6) is 0 Å². The van der Waals surface area contributed by atoms with Gasteiger partial charge >= 0.3 is 0 Å². The lowest BCUT2D eigenvalue weighted by molar-refractivity contribution is -0.138. The molecule has 4 aromatic rings. The molecule has 35 heavy (non-hydrogen) atoms. The number of nitrogens with zero attached hydrogens (tertiary/aromatic N) is 3. The van der Waals surface area contributed by atoms with Crippen molar-refractivity contribution in [2.24, 2.45) is 5.92 Å². The molecule has 0 spiro atoms. The predicted octanol–water partition coefficient (Wildman–Crippen LogP) is 5.47. The highest BCUT2D eigenvalue weighted by molar-refractivity contribution is 5.94. The zero-order chi connectivity index (χ0) is 24.8. The summed E-state index contributed by atoms with van der Waals surface area (Å²) in [5.41, 5.74) is 4.71. The summed E-state index contributed by atoms with van der Waals surface area (Å²) in [6.07, 6.45) is 1.91. The minimum atomic E-state index is -0.298. The first-order chi connectivity index (χ1) is 16.9. The van der Waals surface area contributed by atoms with Crippen molar-refractivity contribution in [2.75, 3.05) is 11.9 Å². The lowest BCUT2D eigenvalue weighted by atomic mass is 10.1. The molecule has 0 saturated carbocycles. The van der Waals surface area contributed by atoms with Crippen LogP contribution in [0.15, 0.2) is 91.1 Å². The van der Waals surface area contributed by atoms with E-state index in [0.29, 0.717) is 12.5 Å².